The van der Waals surface area contributed by atoms with Crippen LogP contribution < -0.4 is 15.8 Å². The van der Waals surface area contributed by atoms with Crippen molar-refractivity contribution >= 4 is 17.4 Å². The van der Waals surface area contributed by atoms with Gasteiger partial charge in [-0.2, -0.15) is 0 Å². The van der Waals surface area contributed by atoms with Gasteiger partial charge in [0.2, 0.25) is 0 Å². The Morgan fingerprint density at radius 3 is 2.86 bits per heavy atom. The predicted octanol–water partition coefficient (Wildman–Crippen LogP) is 4.64. The molecule has 0 radical (unpaired) electrons. The summed E-state index contributed by atoms with van der Waals surface area (Å²) >= 11 is 0. The molecule has 0 unspecified atom stereocenters. The Morgan fingerprint density at radius 1 is 1.34 bits per heavy atom. The van der Waals surface area contributed by atoms with Crippen molar-refractivity contribution in [3.8, 4) is 5.75 Å². The molecule has 2 rings (SSSR count). The van der Waals surface area contributed by atoms with Crippen LogP contribution in [0.1, 0.15) is 47.8 Å². The van der Waals surface area contributed by atoms with Gasteiger partial charge in [0.1, 0.15) is 5.82 Å². The van der Waals surface area contributed by atoms with E-state index >= 15 is 0 Å². The van der Waals surface area contributed by atoms with Crippen molar-refractivity contribution in [3.63, 3.8) is 0 Å². The van der Waals surface area contributed by atoms with Gasteiger partial charge in [-0.15, -0.1) is 0 Å². The van der Waals surface area contributed by atoms with Crippen molar-refractivity contribution in [1.29, 1.82) is 0 Å². The maximum Gasteiger partial charge on any atom is 0.259 e. The number of methoxy groups -OCH3 is 1. The number of unbranched alkanes of at least 4 members (excludes halogenated alkanes) is 2. The third kappa shape index (κ3) is 6.29. The van der Waals surface area contributed by atoms with E-state index in [-0.39, 0.29) is 22.8 Å². The lowest BCUT2D eigenvalue weighted by molar-refractivity contribution is 0.102. The smallest absolute Gasteiger partial charge is 0.259 e. The lowest BCUT2D eigenvalue weighted by atomic mass is 10.1. The number of nitrogens with two attached hydrogens (primary N) is 1. The van der Waals surface area contributed by atoms with Gasteiger partial charge in [0, 0.05) is 7.11 Å². The number of anilines is 2. The number of pyridine rings is 1. The SMILES string of the molecule is CC=CCCCCOc1cccc(NC(=O)c2cc(C)c(COC)nc2N)c1F. The summed E-state index contributed by atoms with van der Waals surface area (Å²) < 4.78 is 25.3. The first-order chi connectivity index (χ1) is 14.0. The summed E-state index contributed by atoms with van der Waals surface area (Å²) in [5.41, 5.74) is 7.53. The number of ether oxygens (including phenoxy) is 2. The second-order valence-corrected chi connectivity index (χ2v) is 6.60. The Morgan fingerprint density at radius 2 is 2.14 bits per heavy atom. The van der Waals surface area contributed by atoms with Crippen LogP contribution in [0.3, 0.4) is 0 Å². The highest BCUT2D eigenvalue weighted by Crippen LogP contribution is 2.26. The highest BCUT2D eigenvalue weighted by Gasteiger charge is 2.17. The van der Waals surface area contributed by atoms with Crippen molar-refractivity contribution in [2.24, 2.45) is 0 Å². The molecule has 0 fully saturated rings. The van der Waals surface area contributed by atoms with Gasteiger partial charge < -0.3 is 20.5 Å². The largest absolute Gasteiger partial charge is 0.490 e. The van der Waals surface area contributed by atoms with E-state index in [1.54, 1.807) is 19.2 Å². The molecule has 29 heavy (non-hydrogen) atoms. The molecule has 0 saturated heterocycles. The minimum Gasteiger partial charge on any atom is -0.490 e. The van der Waals surface area contributed by atoms with Crippen molar-refractivity contribution < 1.29 is 18.7 Å². The Kier molecular flexibility index (Phi) is 8.61. The standard InChI is InChI=1S/C22H28FN3O3/c1-4-5-6-7-8-12-29-19-11-9-10-17(20(19)23)26-22(27)16-13-15(2)18(14-28-3)25-21(16)24/h4-5,9-11,13H,6-8,12,14H2,1-3H3,(H2,24,25)(H,26,27). The Bertz CT molecular complexity index is 869. The third-order valence-corrected chi connectivity index (χ3v) is 4.34. The fourth-order valence-electron chi connectivity index (χ4n) is 2.75. The number of aromatic nitrogens is 1. The minimum absolute atomic E-state index is 0.0273. The Hall–Kier alpha value is -2.93. The number of allylic oxidation sites excluding steroid dienone is 2. The van der Waals surface area contributed by atoms with E-state index in [4.69, 9.17) is 15.2 Å². The quantitative estimate of drug-likeness (QED) is 0.448. The number of carbonyl (C=O) groups excluding carboxylic acids is 1. The van der Waals surface area contributed by atoms with Crippen molar-refractivity contribution in [2.45, 2.75) is 39.7 Å². The second-order valence-electron chi connectivity index (χ2n) is 6.60. The summed E-state index contributed by atoms with van der Waals surface area (Å²) in [7, 11) is 1.55. The number of hydrogen-bond acceptors (Lipinski definition) is 5. The van der Waals surface area contributed by atoms with Gasteiger partial charge in [-0.3, -0.25) is 4.79 Å². The number of amides is 1. The summed E-state index contributed by atoms with van der Waals surface area (Å²) in [6.45, 7) is 4.48. The van der Waals surface area contributed by atoms with E-state index in [1.165, 1.54) is 12.1 Å². The molecule has 2 aromatic rings. The van der Waals surface area contributed by atoms with Crippen LogP contribution in [0.4, 0.5) is 15.9 Å². The monoisotopic (exact) mass is 401 g/mol. The molecule has 0 spiro atoms. The van der Waals surface area contributed by atoms with Gasteiger partial charge in [0.15, 0.2) is 11.6 Å². The van der Waals surface area contributed by atoms with E-state index in [2.05, 4.69) is 16.4 Å². The van der Waals surface area contributed by atoms with Crippen LogP contribution in [0.15, 0.2) is 36.4 Å². The second kappa shape index (κ2) is 11.2. The molecule has 1 aromatic heterocycles. The number of nitrogens with zero attached hydrogens (tertiary/aromatic N) is 1. The average molecular weight is 401 g/mol. The molecule has 156 valence electrons. The fraction of sp³-hybridized carbons (Fsp3) is 0.364. The van der Waals surface area contributed by atoms with E-state index in [9.17, 15) is 9.18 Å². The number of nitrogens with one attached hydrogen (secondary N) is 1. The lowest BCUT2D eigenvalue weighted by Crippen LogP contribution is -2.17. The van der Waals surface area contributed by atoms with Crippen LogP contribution >= 0.6 is 0 Å². The van der Waals surface area contributed by atoms with Gasteiger partial charge in [0.25, 0.3) is 5.91 Å². The summed E-state index contributed by atoms with van der Waals surface area (Å²) in [6.07, 6.45) is 6.83. The van der Waals surface area contributed by atoms with Crippen molar-refractivity contribution in [3.05, 3.63) is 59.1 Å². The number of hydrogen-bond donors (Lipinski definition) is 2. The van der Waals surface area contributed by atoms with Crippen molar-refractivity contribution in [2.75, 3.05) is 24.8 Å². The van der Waals surface area contributed by atoms with Gasteiger partial charge in [-0.25, -0.2) is 9.37 Å². The molecule has 3 N–H and O–H groups in total. The predicted molar refractivity (Wildman–Crippen MR) is 113 cm³/mol. The highest BCUT2D eigenvalue weighted by atomic mass is 19.1. The maximum absolute atomic E-state index is 14.7. The molecule has 0 aliphatic carbocycles. The minimum atomic E-state index is -0.617. The third-order valence-electron chi connectivity index (χ3n) is 4.34. The molecule has 1 heterocycles. The fourth-order valence-corrected chi connectivity index (χ4v) is 2.75. The first-order valence-corrected chi connectivity index (χ1v) is 9.56. The topological polar surface area (TPSA) is 86.5 Å². The molecule has 6 nitrogen and oxygen atoms in total. The highest BCUT2D eigenvalue weighted by molar-refractivity contribution is 6.07. The number of carbonyl (C=O) groups is 1. The number of halogens is 1. The Labute approximate surface area is 170 Å². The molecule has 0 bridgehead atoms. The van der Waals surface area contributed by atoms with Gasteiger partial charge in [-0.05, 0) is 56.9 Å². The maximum atomic E-state index is 14.7. The van der Waals surface area contributed by atoms with Gasteiger partial charge >= 0.3 is 0 Å². The average Bonchev–Trinajstić information content (AvgIpc) is 2.69. The molecule has 0 aliphatic heterocycles. The van der Waals surface area contributed by atoms with Gasteiger partial charge in [-0.1, -0.05) is 18.2 Å². The van der Waals surface area contributed by atoms with Crippen LogP contribution in [0.25, 0.3) is 0 Å². The number of nitrogen functional groups attached to an aromatic ring is 1. The van der Waals surface area contributed by atoms with E-state index in [0.29, 0.717) is 18.9 Å². The van der Waals surface area contributed by atoms with E-state index in [0.717, 1.165) is 24.8 Å². The first-order valence-electron chi connectivity index (χ1n) is 9.56. The molecule has 1 aromatic carbocycles. The molecule has 0 atom stereocenters. The first kappa shape index (κ1) is 22.4. The molecular formula is C22H28FN3O3. The molecule has 0 saturated carbocycles. The number of rotatable bonds is 10. The summed E-state index contributed by atoms with van der Waals surface area (Å²) in [6, 6.07) is 6.26. The Balaban J connectivity index is 2.06. The van der Waals surface area contributed by atoms with Crippen molar-refractivity contribution in [1.82, 2.24) is 4.98 Å². The van der Waals surface area contributed by atoms with Gasteiger partial charge in [0.05, 0.1) is 30.2 Å². The zero-order chi connectivity index (χ0) is 21.2. The zero-order valence-corrected chi connectivity index (χ0v) is 17.1. The molecular weight excluding hydrogens is 373 g/mol. The summed E-state index contributed by atoms with van der Waals surface area (Å²) in [4.78, 5) is 16.8. The zero-order valence-electron chi connectivity index (χ0n) is 17.1. The number of benzene rings is 1. The van der Waals surface area contributed by atoms with Crippen LogP contribution in [0.2, 0.25) is 0 Å². The normalized spacial score (nSPS) is 11.0. The molecule has 7 heteroatoms. The molecule has 1 amide bonds. The summed E-state index contributed by atoms with van der Waals surface area (Å²) in [5, 5.41) is 2.55. The number of aryl methyl sites for hydroxylation is 1. The molecule has 0 aliphatic rings. The van der Waals surface area contributed by atoms with Crippen LogP contribution in [-0.4, -0.2) is 24.6 Å². The van der Waals surface area contributed by atoms with Crippen LogP contribution in [0.5, 0.6) is 5.75 Å². The van der Waals surface area contributed by atoms with Crippen LogP contribution in [0, 0.1) is 12.7 Å². The van der Waals surface area contributed by atoms with Crippen LogP contribution in [-0.2, 0) is 11.3 Å². The summed E-state index contributed by atoms with van der Waals surface area (Å²) in [5.74, 6) is -0.987. The lowest BCUT2D eigenvalue weighted by Gasteiger charge is -2.13. The van der Waals surface area contributed by atoms with E-state index in [1.807, 2.05) is 19.9 Å². The van der Waals surface area contributed by atoms with E-state index < -0.39 is 11.7 Å².